The second-order valence-electron chi connectivity index (χ2n) is 6.47. The van der Waals surface area contributed by atoms with Gasteiger partial charge in [0.15, 0.2) is 0 Å². The fraction of sp³-hybridized carbons (Fsp3) is 0.0435. The number of carbonyl (C=O) groups is 1. The number of amides is 1. The second-order valence-corrected chi connectivity index (χ2v) is 7.80. The summed E-state index contributed by atoms with van der Waals surface area (Å²) in [5.41, 5.74) is 3.92. The lowest BCUT2D eigenvalue weighted by Gasteiger charge is -2.19. The van der Waals surface area contributed by atoms with E-state index in [4.69, 9.17) is 11.6 Å². The quantitative estimate of drug-likeness (QED) is 0.433. The summed E-state index contributed by atoms with van der Waals surface area (Å²) >= 11 is 9.85. The van der Waals surface area contributed by atoms with Crippen molar-refractivity contribution in [3.8, 4) is 0 Å². The largest absolute Gasteiger partial charge is 0.282 e. The highest BCUT2D eigenvalue weighted by atomic mass is 79.9. The van der Waals surface area contributed by atoms with Gasteiger partial charge in [-0.1, -0.05) is 69.5 Å². The first kappa shape index (κ1) is 18.7. The maximum atomic E-state index is 13.2. The number of amidine groups is 1. The van der Waals surface area contributed by atoms with Gasteiger partial charge in [-0.15, -0.1) is 0 Å². The minimum Gasteiger partial charge on any atom is -0.266 e. The minimum atomic E-state index is -0.183. The summed E-state index contributed by atoms with van der Waals surface area (Å²) in [7, 11) is 0. The van der Waals surface area contributed by atoms with Crippen molar-refractivity contribution in [3.05, 3.63) is 105 Å². The van der Waals surface area contributed by atoms with Crippen molar-refractivity contribution >= 4 is 51.0 Å². The monoisotopic (exact) mass is 450 g/mol. The number of carbonyl (C=O) groups excluding carboxylic acids is 1. The molecule has 28 heavy (non-hydrogen) atoms. The molecule has 0 bridgehead atoms. The predicted molar refractivity (Wildman–Crippen MR) is 119 cm³/mol. The van der Waals surface area contributed by atoms with Crippen LogP contribution in [0.1, 0.15) is 16.7 Å². The zero-order valence-electron chi connectivity index (χ0n) is 15.1. The van der Waals surface area contributed by atoms with Crippen LogP contribution in [0.4, 0.5) is 5.69 Å². The molecule has 0 radical (unpaired) electrons. The lowest BCUT2D eigenvalue weighted by molar-refractivity contribution is -0.113. The summed E-state index contributed by atoms with van der Waals surface area (Å²) in [5.74, 6) is 0.342. The van der Waals surface area contributed by atoms with Crippen molar-refractivity contribution in [1.82, 2.24) is 0 Å². The van der Waals surface area contributed by atoms with E-state index in [1.807, 2.05) is 73.7 Å². The number of benzene rings is 3. The van der Waals surface area contributed by atoms with Crippen LogP contribution >= 0.6 is 27.5 Å². The third-order valence-electron chi connectivity index (χ3n) is 4.44. The van der Waals surface area contributed by atoms with Crippen LogP contribution in [-0.2, 0) is 4.79 Å². The second kappa shape index (κ2) is 7.74. The van der Waals surface area contributed by atoms with Crippen molar-refractivity contribution in [1.29, 1.82) is 0 Å². The van der Waals surface area contributed by atoms with Gasteiger partial charge in [-0.05, 0) is 55.0 Å². The highest BCUT2D eigenvalue weighted by Crippen LogP contribution is 2.31. The van der Waals surface area contributed by atoms with Crippen LogP contribution in [0.5, 0.6) is 0 Å². The van der Waals surface area contributed by atoms with Crippen LogP contribution in [-0.4, -0.2) is 11.7 Å². The lowest BCUT2D eigenvalue weighted by Crippen LogP contribution is -2.32. The number of hydrogen-bond donors (Lipinski definition) is 0. The summed E-state index contributed by atoms with van der Waals surface area (Å²) in [6.07, 6.45) is 1.80. The van der Waals surface area contributed by atoms with Crippen LogP contribution in [0, 0.1) is 6.92 Å². The lowest BCUT2D eigenvalue weighted by atomic mass is 10.1. The molecule has 0 N–H and O–H groups in total. The van der Waals surface area contributed by atoms with Gasteiger partial charge in [-0.25, -0.2) is 4.99 Å². The number of anilines is 1. The van der Waals surface area contributed by atoms with Crippen molar-refractivity contribution in [2.24, 2.45) is 4.99 Å². The summed E-state index contributed by atoms with van der Waals surface area (Å²) in [6, 6.07) is 22.9. The Labute approximate surface area is 177 Å². The molecule has 4 rings (SSSR count). The van der Waals surface area contributed by atoms with Gasteiger partial charge in [-0.3, -0.25) is 9.69 Å². The third kappa shape index (κ3) is 3.66. The number of aryl methyl sites for hydroxylation is 1. The Hall–Kier alpha value is -2.69. The van der Waals surface area contributed by atoms with Crippen molar-refractivity contribution in [2.75, 3.05) is 4.90 Å². The van der Waals surface area contributed by atoms with Gasteiger partial charge in [0.05, 0.1) is 10.7 Å². The Balaban J connectivity index is 1.84. The van der Waals surface area contributed by atoms with Gasteiger partial charge in [-0.2, -0.15) is 0 Å². The number of nitrogens with zero attached hydrogens (tertiary/aromatic N) is 2. The van der Waals surface area contributed by atoms with E-state index in [2.05, 4.69) is 20.9 Å². The van der Waals surface area contributed by atoms with Crippen LogP contribution in [0.3, 0.4) is 0 Å². The topological polar surface area (TPSA) is 32.7 Å². The smallest absolute Gasteiger partial charge is 0.266 e. The van der Waals surface area contributed by atoms with E-state index >= 15 is 0 Å². The van der Waals surface area contributed by atoms with E-state index in [9.17, 15) is 4.79 Å². The van der Waals surface area contributed by atoms with E-state index in [1.165, 1.54) is 0 Å². The summed E-state index contributed by atoms with van der Waals surface area (Å²) in [4.78, 5) is 19.5. The molecular weight excluding hydrogens is 436 g/mol. The first-order valence-electron chi connectivity index (χ1n) is 8.75. The number of halogens is 2. The Kier molecular flexibility index (Phi) is 5.16. The Bertz CT molecular complexity index is 1100. The van der Waals surface area contributed by atoms with Crippen LogP contribution in [0.2, 0.25) is 5.02 Å². The summed E-state index contributed by atoms with van der Waals surface area (Å²) in [6.45, 7) is 2.03. The molecular formula is C23H16BrClN2O. The summed E-state index contributed by atoms with van der Waals surface area (Å²) < 4.78 is 0.939. The molecule has 3 aromatic carbocycles. The predicted octanol–water partition coefficient (Wildman–Crippen LogP) is 6.25. The fourth-order valence-electron chi connectivity index (χ4n) is 2.99. The first-order valence-corrected chi connectivity index (χ1v) is 9.92. The molecule has 0 fully saturated rings. The van der Waals surface area contributed by atoms with Gasteiger partial charge in [0.2, 0.25) is 0 Å². The average molecular weight is 452 g/mol. The molecule has 1 aliphatic rings. The zero-order valence-corrected chi connectivity index (χ0v) is 17.4. The van der Waals surface area contributed by atoms with Gasteiger partial charge >= 0.3 is 0 Å². The standard InChI is InChI=1S/C23H16BrClN2O/c1-15-6-8-16(9-7-15)14-21-23(28)27(18-12-10-17(24)11-13-18)22(26-21)19-4-2-3-5-20(19)25/h2-14H,1H3/b21-14+. The number of aliphatic imine (C=N–C) groups is 1. The van der Waals surface area contributed by atoms with Crippen LogP contribution in [0.25, 0.3) is 6.08 Å². The molecule has 0 saturated heterocycles. The Morgan fingerprint density at radius 2 is 1.64 bits per heavy atom. The molecule has 0 spiro atoms. The maximum absolute atomic E-state index is 13.2. The molecule has 1 amide bonds. The van der Waals surface area contributed by atoms with Crippen molar-refractivity contribution in [2.45, 2.75) is 6.92 Å². The highest BCUT2D eigenvalue weighted by Gasteiger charge is 2.33. The molecule has 0 unspecified atom stereocenters. The molecule has 1 aliphatic heterocycles. The minimum absolute atomic E-state index is 0.183. The SMILES string of the molecule is Cc1ccc(/C=C2/N=C(c3ccccc3Cl)N(c3ccc(Br)cc3)C2=O)cc1. The molecule has 3 nitrogen and oxygen atoms in total. The van der Waals surface area contributed by atoms with E-state index in [0.29, 0.717) is 22.1 Å². The molecule has 3 aromatic rings. The van der Waals surface area contributed by atoms with E-state index < -0.39 is 0 Å². The first-order chi connectivity index (χ1) is 13.5. The fourth-order valence-corrected chi connectivity index (χ4v) is 3.47. The maximum Gasteiger partial charge on any atom is 0.282 e. The Morgan fingerprint density at radius 1 is 0.964 bits per heavy atom. The number of hydrogen-bond acceptors (Lipinski definition) is 2. The molecule has 138 valence electrons. The molecule has 0 saturated carbocycles. The molecule has 0 aromatic heterocycles. The molecule has 1 heterocycles. The third-order valence-corrected chi connectivity index (χ3v) is 5.30. The normalized spacial score (nSPS) is 15.2. The molecule has 5 heteroatoms. The summed E-state index contributed by atoms with van der Waals surface area (Å²) in [5, 5.41) is 0.549. The van der Waals surface area contributed by atoms with Gasteiger partial charge < -0.3 is 0 Å². The van der Waals surface area contributed by atoms with Gasteiger partial charge in [0.25, 0.3) is 5.91 Å². The zero-order chi connectivity index (χ0) is 19.7. The van der Waals surface area contributed by atoms with Gasteiger partial charge in [0.1, 0.15) is 11.5 Å². The molecule has 0 atom stereocenters. The van der Waals surface area contributed by atoms with Gasteiger partial charge in [0, 0.05) is 10.0 Å². The number of rotatable bonds is 3. The van der Waals surface area contributed by atoms with Crippen molar-refractivity contribution in [3.63, 3.8) is 0 Å². The average Bonchev–Trinajstić information content (AvgIpc) is 3.01. The van der Waals surface area contributed by atoms with Crippen LogP contribution < -0.4 is 4.90 Å². The van der Waals surface area contributed by atoms with Crippen molar-refractivity contribution < 1.29 is 4.79 Å². The van der Waals surface area contributed by atoms with E-state index in [-0.39, 0.29) is 5.91 Å². The van der Waals surface area contributed by atoms with E-state index in [0.717, 1.165) is 21.3 Å². The highest BCUT2D eigenvalue weighted by molar-refractivity contribution is 9.10. The Morgan fingerprint density at radius 3 is 2.32 bits per heavy atom. The van der Waals surface area contributed by atoms with Crippen LogP contribution in [0.15, 0.2) is 88.0 Å². The van der Waals surface area contributed by atoms with E-state index in [1.54, 1.807) is 17.0 Å². The molecule has 0 aliphatic carbocycles.